The number of ether oxygens (including phenoxy) is 1. The summed E-state index contributed by atoms with van der Waals surface area (Å²) in [5.74, 6) is 0.590. The molecule has 1 unspecified atom stereocenters. The SMILES string of the molecule is CCc1ccccc1C(OC[C@H](O)CNC(C)(C)Cc1ccc2ccccc2c1)C1CC1. The lowest BCUT2D eigenvalue weighted by atomic mass is 9.93. The van der Waals surface area contributed by atoms with Gasteiger partial charge in [-0.1, -0.05) is 73.7 Å². The van der Waals surface area contributed by atoms with Crippen molar-refractivity contribution in [3.63, 3.8) is 0 Å². The lowest BCUT2D eigenvalue weighted by molar-refractivity contribution is -0.0214. The molecule has 1 fully saturated rings. The van der Waals surface area contributed by atoms with Crippen molar-refractivity contribution < 1.29 is 9.84 Å². The first-order chi connectivity index (χ1) is 15.4. The lowest BCUT2D eigenvalue weighted by Crippen LogP contribution is -2.46. The van der Waals surface area contributed by atoms with Crippen molar-refractivity contribution in [3.8, 4) is 0 Å². The molecule has 170 valence electrons. The summed E-state index contributed by atoms with van der Waals surface area (Å²) in [6, 6.07) is 23.7. The number of fused-ring (bicyclic) bond motifs is 1. The Bertz CT molecular complexity index is 1020. The minimum absolute atomic E-state index is 0.103. The van der Waals surface area contributed by atoms with E-state index < -0.39 is 6.10 Å². The Balaban J connectivity index is 1.30. The van der Waals surface area contributed by atoms with Crippen LogP contribution in [0.15, 0.2) is 66.7 Å². The lowest BCUT2D eigenvalue weighted by Gasteiger charge is -2.29. The molecular weight excluding hydrogens is 394 g/mol. The third kappa shape index (κ3) is 5.98. The van der Waals surface area contributed by atoms with Gasteiger partial charge in [0.1, 0.15) is 0 Å². The van der Waals surface area contributed by atoms with Crippen LogP contribution in [-0.2, 0) is 17.6 Å². The Morgan fingerprint density at radius 3 is 2.47 bits per heavy atom. The molecule has 1 saturated carbocycles. The van der Waals surface area contributed by atoms with Gasteiger partial charge in [0.05, 0.1) is 18.8 Å². The summed E-state index contributed by atoms with van der Waals surface area (Å²) in [7, 11) is 0. The van der Waals surface area contributed by atoms with Gasteiger partial charge in [-0.25, -0.2) is 0 Å². The van der Waals surface area contributed by atoms with E-state index in [2.05, 4.69) is 92.8 Å². The van der Waals surface area contributed by atoms with Crippen LogP contribution in [0, 0.1) is 5.92 Å². The molecule has 3 aromatic carbocycles. The maximum atomic E-state index is 10.7. The summed E-state index contributed by atoms with van der Waals surface area (Å²) in [6.07, 6.45) is 3.92. The van der Waals surface area contributed by atoms with Gasteiger partial charge in [0.2, 0.25) is 0 Å². The summed E-state index contributed by atoms with van der Waals surface area (Å²) in [5, 5.41) is 16.8. The van der Waals surface area contributed by atoms with Crippen molar-refractivity contribution in [1.82, 2.24) is 5.32 Å². The molecule has 0 amide bonds. The van der Waals surface area contributed by atoms with Crippen molar-refractivity contribution in [2.45, 2.75) is 64.2 Å². The van der Waals surface area contributed by atoms with Gasteiger partial charge < -0.3 is 15.2 Å². The molecule has 2 N–H and O–H groups in total. The van der Waals surface area contributed by atoms with E-state index in [0.29, 0.717) is 19.1 Å². The van der Waals surface area contributed by atoms with E-state index in [1.165, 1.54) is 40.3 Å². The predicted octanol–water partition coefficient (Wildman–Crippen LogP) is 5.84. The molecular formula is C29H37NO2. The van der Waals surface area contributed by atoms with Crippen LogP contribution in [-0.4, -0.2) is 29.9 Å². The quantitative estimate of drug-likeness (QED) is 0.401. The number of hydrogen-bond acceptors (Lipinski definition) is 3. The molecule has 0 aromatic heterocycles. The van der Waals surface area contributed by atoms with Crippen molar-refractivity contribution in [2.75, 3.05) is 13.2 Å². The highest BCUT2D eigenvalue weighted by molar-refractivity contribution is 5.83. The van der Waals surface area contributed by atoms with Crippen molar-refractivity contribution >= 4 is 10.8 Å². The Morgan fingerprint density at radius 1 is 1.00 bits per heavy atom. The average Bonchev–Trinajstić information content (AvgIpc) is 3.63. The molecule has 32 heavy (non-hydrogen) atoms. The van der Waals surface area contributed by atoms with Gasteiger partial charge >= 0.3 is 0 Å². The van der Waals surface area contributed by atoms with Crippen LogP contribution in [0.2, 0.25) is 0 Å². The maximum absolute atomic E-state index is 10.7. The third-order valence-electron chi connectivity index (χ3n) is 6.54. The van der Waals surface area contributed by atoms with Gasteiger partial charge in [0, 0.05) is 12.1 Å². The number of nitrogens with one attached hydrogen (secondary N) is 1. The topological polar surface area (TPSA) is 41.5 Å². The Kier molecular flexibility index (Phi) is 7.30. The number of hydrogen-bond donors (Lipinski definition) is 2. The molecule has 3 aromatic rings. The van der Waals surface area contributed by atoms with E-state index >= 15 is 0 Å². The summed E-state index contributed by atoms with van der Waals surface area (Å²) >= 11 is 0. The fourth-order valence-electron chi connectivity index (χ4n) is 4.60. The summed E-state index contributed by atoms with van der Waals surface area (Å²) in [6.45, 7) is 7.46. The zero-order valence-electron chi connectivity index (χ0n) is 19.7. The third-order valence-corrected chi connectivity index (χ3v) is 6.54. The van der Waals surface area contributed by atoms with Crippen LogP contribution in [0.4, 0.5) is 0 Å². The molecule has 0 bridgehead atoms. The standard InChI is InChI=1S/C29H37NO2/c1-4-22-9-7-8-12-27(22)28(24-15-16-24)32-20-26(31)19-30-29(2,3)18-21-13-14-23-10-5-6-11-25(23)17-21/h5-14,17,24,26,28,30-31H,4,15-16,18-20H2,1-3H3/t26-,28?/m1/s1. The fraction of sp³-hybridized carbons (Fsp3) is 0.448. The van der Waals surface area contributed by atoms with Gasteiger partial charge in [-0.2, -0.15) is 0 Å². The molecule has 0 saturated heterocycles. The fourth-order valence-corrected chi connectivity index (χ4v) is 4.60. The van der Waals surface area contributed by atoms with Gasteiger partial charge in [0.15, 0.2) is 0 Å². The van der Waals surface area contributed by atoms with Crippen molar-refractivity contribution in [1.29, 1.82) is 0 Å². The Labute approximate surface area is 192 Å². The zero-order valence-corrected chi connectivity index (χ0v) is 19.7. The van der Waals surface area contributed by atoms with Crippen LogP contribution >= 0.6 is 0 Å². The second kappa shape index (κ2) is 10.2. The summed E-state index contributed by atoms with van der Waals surface area (Å²) in [4.78, 5) is 0. The van der Waals surface area contributed by atoms with E-state index in [9.17, 15) is 5.11 Å². The summed E-state index contributed by atoms with van der Waals surface area (Å²) < 4.78 is 6.30. The van der Waals surface area contributed by atoms with E-state index in [1.807, 2.05) is 0 Å². The first-order valence-electron chi connectivity index (χ1n) is 12.1. The Hall–Kier alpha value is -2.20. The molecule has 3 nitrogen and oxygen atoms in total. The van der Waals surface area contributed by atoms with Gasteiger partial charge in [0.25, 0.3) is 0 Å². The molecule has 3 heteroatoms. The van der Waals surface area contributed by atoms with Crippen LogP contribution in [0.1, 0.15) is 56.4 Å². The first kappa shape index (κ1) is 23.0. The number of aryl methyl sites for hydroxylation is 1. The zero-order chi connectivity index (χ0) is 22.6. The molecule has 0 radical (unpaired) electrons. The highest BCUT2D eigenvalue weighted by Crippen LogP contribution is 2.44. The van der Waals surface area contributed by atoms with E-state index in [4.69, 9.17) is 4.74 Å². The Morgan fingerprint density at radius 2 is 1.72 bits per heavy atom. The van der Waals surface area contributed by atoms with E-state index in [0.717, 1.165) is 12.8 Å². The van der Waals surface area contributed by atoms with Crippen LogP contribution in [0.3, 0.4) is 0 Å². The van der Waals surface area contributed by atoms with Gasteiger partial charge in [-0.3, -0.25) is 0 Å². The number of benzene rings is 3. The number of β-amino-alcohol motifs (C(OH)–C–C–N with tert-alkyl or cyclic N) is 1. The van der Waals surface area contributed by atoms with Gasteiger partial charge in [-0.05, 0) is 72.9 Å². The molecule has 4 rings (SSSR count). The summed E-state index contributed by atoms with van der Waals surface area (Å²) in [5.41, 5.74) is 3.84. The molecule has 0 heterocycles. The number of aliphatic hydroxyl groups excluding tert-OH is 1. The highest BCUT2D eigenvalue weighted by atomic mass is 16.5. The van der Waals surface area contributed by atoms with Crippen LogP contribution < -0.4 is 5.32 Å². The minimum Gasteiger partial charge on any atom is -0.389 e. The molecule has 0 aliphatic heterocycles. The molecule has 2 atom stereocenters. The molecule has 0 spiro atoms. The predicted molar refractivity (Wildman–Crippen MR) is 133 cm³/mol. The molecule has 1 aliphatic carbocycles. The van der Waals surface area contributed by atoms with E-state index in [-0.39, 0.29) is 11.6 Å². The smallest absolute Gasteiger partial charge is 0.0898 e. The monoisotopic (exact) mass is 431 g/mol. The van der Waals surface area contributed by atoms with E-state index in [1.54, 1.807) is 0 Å². The highest BCUT2D eigenvalue weighted by Gasteiger charge is 2.34. The first-order valence-corrected chi connectivity index (χ1v) is 12.1. The van der Waals surface area contributed by atoms with Crippen molar-refractivity contribution in [3.05, 3.63) is 83.4 Å². The van der Waals surface area contributed by atoms with Gasteiger partial charge in [-0.15, -0.1) is 0 Å². The minimum atomic E-state index is -0.527. The maximum Gasteiger partial charge on any atom is 0.0898 e. The van der Waals surface area contributed by atoms with Crippen LogP contribution in [0.25, 0.3) is 10.8 Å². The normalized spacial score (nSPS) is 16.2. The number of rotatable bonds is 11. The largest absolute Gasteiger partial charge is 0.389 e. The number of aliphatic hydroxyl groups is 1. The second-order valence-electron chi connectivity index (χ2n) is 9.92. The van der Waals surface area contributed by atoms with Crippen LogP contribution in [0.5, 0.6) is 0 Å². The van der Waals surface area contributed by atoms with Crippen molar-refractivity contribution in [2.24, 2.45) is 5.92 Å². The average molecular weight is 432 g/mol. The second-order valence-corrected chi connectivity index (χ2v) is 9.92. The molecule has 1 aliphatic rings.